The molecule has 1 aliphatic carbocycles. The van der Waals surface area contributed by atoms with Crippen molar-refractivity contribution in [3.05, 3.63) is 0 Å². The highest BCUT2D eigenvalue weighted by Gasteiger charge is 2.21. The maximum absolute atomic E-state index is 4.22. The van der Waals surface area contributed by atoms with Crippen LogP contribution in [0.4, 0.5) is 0 Å². The van der Waals surface area contributed by atoms with Crippen molar-refractivity contribution in [2.75, 3.05) is 0 Å². The molecule has 15 heavy (non-hydrogen) atoms. The zero-order chi connectivity index (χ0) is 11.3. The molecule has 1 unspecified atom stereocenters. The lowest BCUT2D eigenvalue weighted by Crippen LogP contribution is -2.43. The fraction of sp³-hybridized carbons (Fsp3) is 1.00. The van der Waals surface area contributed by atoms with Crippen LogP contribution in [0.2, 0.25) is 0 Å². The summed E-state index contributed by atoms with van der Waals surface area (Å²) in [7, 11) is 1.60. The molecule has 1 rings (SSSR count). The van der Waals surface area contributed by atoms with E-state index >= 15 is 0 Å². The fourth-order valence-electron chi connectivity index (χ4n) is 2.26. The van der Waals surface area contributed by atoms with Gasteiger partial charge in [0.1, 0.15) is 0 Å². The Morgan fingerprint density at radius 3 is 1.87 bits per heavy atom. The van der Waals surface area contributed by atoms with E-state index in [0.29, 0.717) is 17.5 Å². The standard InChI is InChI=1S/C11H24N2S2/c1-8(2)12-10-4-6-11(7-5-10)13-9(3)15-14/h8-14H,4-7H2,1-3H3. The largest absolute Gasteiger partial charge is 0.312 e. The van der Waals surface area contributed by atoms with Crippen LogP contribution >= 0.6 is 22.5 Å². The number of hydrogen-bond donors (Lipinski definition) is 3. The van der Waals surface area contributed by atoms with Crippen LogP contribution in [-0.4, -0.2) is 23.5 Å². The number of nitrogens with one attached hydrogen (secondary N) is 2. The van der Waals surface area contributed by atoms with Crippen LogP contribution in [0.3, 0.4) is 0 Å². The van der Waals surface area contributed by atoms with E-state index in [1.807, 2.05) is 0 Å². The number of hydrogen-bond acceptors (Lipinski definition) is 4. The molecule has 0 aliphatic heterocycles. The minimum absolute atomic E-state index is 0.466. The molecule has 1 aliphatic rings. The summed E-state index contributed by atoms with van der Waals surface area (Å²) >= 11 is 4.22. The van der Waals surface area contributed by atoms with Crippen molar-refractivity contribution in [3.8, 4) is 0 Å². The van der Waals surface area contributed by atoms with Gasteiger partial charge in [-0.05, 0) is 32.6 Å². The van der Waals surface area contributed by atoms with Gasteiger partial charge < -0.3 is 10.6 Å². The van der Waals surface area contributed by atoms with Crippen LogP contribution in [0.1, 0.15) is 46.5 Å². The first kappa shape index (κ1) is 13.7. The lowest BCUT2D eigenvalue weighted by molar-refractivity contribution is 0.295. The topological polar surface area (TPSA) is 24.1 Å². The maximum atomic E-state index is 4.22. The van der Waals surface area contributed by atoms with Crippen LogP contribution in [0.25, 0.3) is 0 Å². The lowest BCUT2D eigenvalue weighted by Gasteiger charge is -2.32. The Labute approximate surface area is 103 Å². The van der Waals surface area contributed by atoms with Crippen molar-refractivity contribution in [3.63, 3.8) is 0 Å². The predicted molar refractivity (Wildman–Crippen MR) is 73.5 cm³/mol. The third-order valence-corrected chi connectivity index (χ3v) is 4.33. The zero-order valence-electron chi connectivity index (χ0n) is 9.99. The average Bonchev–Trinajstić information content (AvgIpc) is 2.20. The van der Waals surface area contributed by atoms with Gasteiger partial charge in [-0.3, -0.25) is 0 Å². The van der Waals surface area contributed by atoms with Crippen LogP contribution in [0, 0.1) is 0 Å². The van der Waals surface area contributed by atoms with Crippen molar-refractivity contribution in [1.29, 1.82) is 0 Å². The third kappa shape index (κ3) is 5.48. The number of thiol groups is 1. The first-order valence-electron chi connectivity index (χ1n) is 5.94. The first-order chi connectivity index (χ1) is 7.11. The maximum Gasteiger partial charge on any atom is 0.0607 e. The van der Waals surface area contributed by atoms with E-state index in [1.165, 1.54) is 25.7 Å². The summed E-state index contributed by atoms with van der Waals surface area (Å²) in [6, 6.07) is 2.05. The molecule has 90 valence electrons. The van der Waals surface area contributed by atoms with Gasteiger partial charge in [-0.15, -0.1) is 11.7 Å². The van der Waals surface area contributed by atoms with Gasteiger partial charge in [-0.25, -0.2) is 0 Å². The quantitative estimate of drug-likeness (QED) is 0.396. The second-order valence-corrected chi connectivity index (χ2v) is 6.33. The summed E-state index contributed by atoms with van der Waals surface area (Å²) in [5, 5.41) is 7.69. The molecule has 0 amide bonds. The minimum atomic E-state index is 0.466. The molecule has 0 spiro atoms. The normalized spacial score (nSPS) is 29.4. The molecule has 1 atom stereocenters. The van der Waals surface area contributed by atoms with Crippen molar-refractivity contribution in [1.82, 2.24) is 10.6 Å². The van der Waals surface area contributed by atoms with E-state index in [1.54, 1.807) is 10.8 Å². The smallest absolute Gasteiger partial charge is 0.0607 e. The molecule has 0 heterocycles. The first-order valence-corrected chi connectivity index (χ1v) is 7.87. The van der Waals surface area contributed by atoms with Gasteiger partial charge in [0.05, 0.1) is 5.37 Å². The molecule has 1 fully saturated rings. The van der Waals surface area contributed by atoms with Crippen molar-refractivity contribution < 1.29 is 0 Å². The summed E-state index contributed by atoms with van der Waals surface area (Å²) < 4.78 is 0. The van der Waals surface area contributed by atoms with Gasteiger partial charge >= 0.3 is 0 Å². The van der Waals surface area contributed by atoms with E-state index < -0.39 is 0 Å². The van der Waals surface area contributed by atoms with E-state index in [-0.39, 0.29) is 0 Å². The van der Waals surface area contributed by atoms with Gasteiger partial charge in [-0.2, -0.15) is 0 Å². The van der Waals surface area contributed by atoms with Crippen LogP contribution in [0.15, 0.2) is 0 Å². The Morgan fingerprint density at radius 2 is 1.47 bits per heavy atom. The highest BCUT2D eigenvalue weighted by molar-refractivity contribution is 8.68. The van der Waals surface area contributed by atoms with Crippen molar-refractivity contribution in [2.24, 2.45) is 0 Å². The molecule has 2 nitrogen and oxygen atoms in total. The SMILES string of the molecule is CC(C)NC1CCC(NC(C)SS)CC1. The van der Waals surface area contributed by atoms with Gasteiger partial charge in [0.15, 0.2) is 0 Å². The Kier molecular flexibility index (Phi) is 6.43. The van der Waals surface area contributed by atoms with Crippen molar-refractivity contribution in [2.45, 2.75) is 70.0 Å². The van der Waals surface area contributed by atoms with Crippen molar-refractivity contribution >= 4 is 22.5 Å². The highest BCUT2D eigenvalue weighted by atomic mass is 33.1. The second kappa shape index (κ2) is 7.05. The summed E-state index contributed by atoms with van der Waals surface area (Å²) in [5.41, 5.74) is 0. The molecule has 0 aromatic carbocycles. The average molecular weight is 248 g/mol. The summed E-state index contributed by atoms with van der Waals surface area (Å²) in [4.78, 5) is 0. The molecular formula is C11H24N2S2. The summed E-state index contributed by atoms with van der Waals surface area (Å²) in [6.45, 7) is 6.63. The molecule has 0 aromatic heterocycles. The molecule has 0 aromatic rings. The zero-order valence-corrected chi connectivity index (χ0v) is 11.7. The molecular weight excluding hydrogens is 224 g/mol. The van der Waals surface area contributed by atoms with E-state index in [0.717, 1.165) is 6.04 Å². The third-order valence-electron chi connectivity index (χ3n) is 2.92. The molecule has 4 heteroatoms. The Hall–Kier alpha value is 0.620. The molecule has 0 radical (unpaired) electrons. The molecule has 0 saturated heterocycles. The van der Waals surface area contributed by atoms with E-state index in [4.69, 9.17) is 0 Å². The van der Waals surface area contributed by atoms with Crippen LogP contribution < -0.4 is 10.6 Å². The Bertz CT molecular complexity index is 168. The lowest BCUT2D eigenvalue weighted by atomic mass is 9.91. The van der Waals surface area contributed by atoms with Gasteiger partial charge in [0.2, 0.25) is 0 Å². The Morgan fingerprint density at radius 1 is 1.00 bits per heavy atom. The van der Waals surface area contributed by atoms with Gasteiger partial charge in [0, 0.05) is 18.1 Å². The van der Waals surface area contributed by atoms with Gasteiger partial charge in [0.25, 0.3) is 0 Å². The second-order valence-electron chi connectivity index (χ2n) is 4.78. The fourth-order valence-corrected chi connectivity index (χ4v) is 2.70. The van der Waals surface area contributed by atoms with E-state index in [2.05, 4.69) is 43.1 Å². The summed E-state index contributed by atoms with van der Waals surface area (Å²) in [5.74, 6) is 0. The molecule has 2 N–H and O–H groups in total. The van der Waals surface area contributed by atoms with E-state index in [9.17, 15) is 0 Å². The predicted octanol–water partition coefficient (Wildman–Crippen LogP) is 2.81. The monoisotopic (exact) mass is 248 g/mol. The van der Waals surface area contributed by atoms with Gasteiger partial charge in [-0.1, -0.05) is 24.6 Å². The minimum Gasteiger partial charge on any atom is -0.312 e. The van der Waals surface area contributed by atoms with Crippen LogP contribution in [-0.2, 0) is 0 Å². The highest BCUT2D eigenvalue weighted by Crippen LogP contribution is 2.21. The molecule has 0 bridgehead atoms. The Balaban J connectivity index is 2.18. The summed E-state index contributed by atoms with van der Waals surface area (Å²) in [6.07, 6.45) is 5.20. The molecule has 1 saturated carbocycles. The number of rotatable bonds is 5. The van der Waals surface area contributed by atoms with Crippen LogP contribution in [0.5, 0.6) is 0 Å².